The Hall–Kier alpha value is -3.38. The number of carbonyl (C=O) groups is 1. The summed E-state index contributed by atoms with van der Waals surface area (Å²) in [6, 6.07) is 19.9. The third kappa shape index (κ3) is 3.75. The van der Waals surface area contributed by atoms with Crippen LogP contribution in [0.25, 0.3) is 10.4 Å². The number of carbonyl (C=O) groups excluding carboxylic acids is 1. The van der Waals surface area contributed by atoms with Gasteiger partial charge in [0.2, 0.25) is 0 Å². The van der Waals surface area contributed by atoms with Crippen molar-refractivity contribution in [1.82, 2.24) is 4.57 Å². The number of aromatic nitrogens is 1. The molecule has 0 aliphatic heterocycles. The zero-order valence-corrected chi connectivity index (χ0v) is 15.1. The van der Waals surface area contributed by atoms with Crippen molar-refractivity contribution in [2.75, 3.05) is 5.32 Å². The van der Waals surface area contributed by atoms with Crippen molar-refractivity contribution < 1.29 is 9.21 Å². The summed E-state index contributed by atoms with van der Waals surface area (Å²) in [5, 5.41) is 4.91. The predicted molar refractivity (Wildman–Crippen MR) is 106 cm³/mol. The van der Waals surface area contributed by atoms with E-state index in [1.807, 2.05) is 41.8 Å². The molecule has 0 bridgehead atoms. The molecule has 0 saturated heterocycles. The number of benzene rings is 1. The molecule has 4 rings (SSSR count). The number of amides is 1. The van der Waals surface area contributed by atoms with Crippen molar-refractivity contribution in [1.29, 1.82) is 0 Å². The zero-order valence-electron chi connectivity index (χ0n) is 14.3. The van der Waals surface area contributed by atoms with Gasteiger partial charge in [-0.05, 0) is 35.7 Å². The highest BCUT2D eigenvalue weighted by molar-refractivity contribution is 7.13. The average Bonchev–Trinajstić information content (AvgIpc) is 3.36. The summed E-state index contributed by atoms with van der Waals surface area (Å²) in [6.45, 7) is 0.277. The van der Waals surface area contributed by atoms with Crippen LogP contribution in [0.3, 0.4) is 0 Å². The smallest absolute Gasteiger partial charge is 0.291 e. The van der Waals surface area contributed by atoms with Crippen LogP contribution in [0.5, 0.6) is 0 Å². The van der Waals surface area contributed by atoms with Gasteiger partial charge in [0.05, 0.1) is 6.54 Å². The standard InChI is InChI=1S/C21H16N2O3S/c24-20-9-3-4-12-23(20)14-15-10-11-18(26-15)21(25)22-17-7-2-1-6-16(17)19-8-5-13-27-19/h1-13H,14H2,(H,22,25). The summed E-state index contributed by atoms with van der Waals surface area (Å²) in [5.74, 6) is 0.417. The van der Waals surface area contributed by atoms with E-state index in [1.54, 1.807) is 41.8 Å². The molecule has 6 heteroatoms. The monoisotopic (exact) mass is 376 g/mol. The quantitative estimate of drug-likeness (QED) is 0.559. The zero-order chi connectivity index (χ0) is 18.6. The van der Waals surface area contributed by atoms with Crippen molar-refractivity contribution in [3.05, 3.63) is 100 Å². The Bertz CT molecular complexity index is 1130. The van der Waals surface area contributed by atoms with Gasteiger partial charge in [-0.1, -0.05) is 30.3 Å². The number of nitrogens with zero attached hydrogens (tertiary/aromatic N) is 1. The summed E-state index contributed by atoms with van der Waals surface area (Å²) in [6.07, 6.45) is 1.68. The van der Waals surface area contributed by atoms with E-state index in [9.17, 15) is 9.59 Å². The van der Waals surface area contributed by atoms with E-state index >= 15 is 0 Å². The predicted octanol–water partition coefficient (Wildman–Crippen LogP) is 4.47. The largest absolute Gasteiger partial charge is 0.454 e. The summed E-state index contributed by atoms with van der Waals surface area (Å²) < 4.78 is 7.16. The average molecular weight is 376 g/mol. The Morgan fingerprint density at radius 1 is 1.00 bits per heavy atom. The highest BCUT2D eigenvalue weighted by Gasteiger charge is 2.14. The number of para-hydroxylation sites is 1. The molecule has 1 N–H and O–H groups in total. The first-order chi connectivity index (χ1) is 13.2. The van der Waals surface area contributed by atoms with Crippen LogP contribution in [0.15, 0.2) is 87.5 Å². The van der Waals surface area contributed by atoms with E-state index in [4.69, 9.17) is 4.42 Å². The minimum atomic E-state index is -0.328. The minimum Gasteiger partial charge on any atom is -0.454 e. The van der Waals surface area contributed by atoms with Crippen LogP contribution < -0.4 is 10.9 Å². The molecule has 0 fully saturated rings. The van der Waals surface area contributed by atoms with E-state index in [0.717, 1.165) is 16.1 Å². The normalized spacial score (nSPS) is 10.7. The molecule has 0 aliphatic rings. The van der Waals surface area contributed by atoms with E-state index in [0.29, 0.717) is 5.76 Å². The second kappa shape index (κ2) is 7.47. The lowest BCUT2D eigenvalue weighted by molar-refractivity contribution is 0.0995. The summed E-state index contributed by atoms with van der Waals surface area (Å²) in [5.41, 5.74) is 1.57. The maximum Gasteiger partial charge on any atom is 0.291 e. The Balaban J connectivity index is 1.53. The second-order valence-electron chi connectivity index (χ2n) is 5.91. The van der Waals surface area contributed by atoms with E-state index in [2.05, 4.69) is 5.32 Å². The molecule has 1 amide bonds. The second-order valence-corrected chi connectivity index (χ2v) is 6.86. The molecule has 27 heavy (non-hydrogen) atoms. The topological polar surface area (TPSA) is 64.2 Å². The van der Waals surface area contributed by atoms with Gasteiger partial charge in [-0.25, -0.2) is 0 Å². The summed E-state index contributed by atoms with van der Waals surface area (Å²) in [4.78, 5) is 25.5. The summed E-state index contributed by atoms with van der Waals surface area (Å²) in [7, 11) is 0. The van der Waals surface area contributed by atoms with Crippen LogP contribution in [-0.4, -0.2) is 10.5 Å². The first-order valence-corrected chi connectivity index (χ1v) is 9.27. The molecular formula is C21H16N2O3S. The molecule has 134 valence electrons. The number of anilines is 1. The van der Waals surface area contributed by atoms with Gasteiger partial charge in [-0.3, -0.25) is 9.59 Å². The SMILES string of the molecule is O=C(Nc1ccccc1-c1cccs1)c1ccc(Cn2ccccc2=O)o1. The fourth-order valence-corrected chi connectivity index (χ4v) is 3.53. The Labute approximate surface area is 159 Å². The molecule has 1 aromatic carbocycles. The Morgan fingerprint density at radius 2 is 1.85 bits per heavy atom. The van der Waals surface area contributed by atoms with Gasteiger partial charge >= 0.3 is 0 Å². The molecule has 0 aliphatic carbocycles. The minimum absolute atomic E-state index is 0.121. The first-order valence-electron chi connectivity index (χ1n) is 8.39. The van der Waals surface area contributed by atoms with Crippen molar-refractivity contribution in [3.8, 4) is 10.4 Å². The van der Waals surface area contributed by atoms with Crippen molar-refractivity contribution in [2.24, 2.45) is 0 Å². The van der Waals surface area contributed by atoms with Crippen LogP contribution in [0, 0.1) is 0 Å². The molecule has 0 unspecified atom stereocenters. The number of hydrogen-bond acceptors (Lipinski definition) is 4. The molecule has 4 aromatic rings. The molecule has 0 spiro atoms. The summed E-state index contributed by atoms with van der Waals surface area (Å²) >= 11 is 1.61. The van der Waals surface area contributed by atoms with Gasteiger partial charge in [0, 0.05) is 28.4 Å². The number of nitrogens with one attached hydrogen (secondary N) is 1. The van der Waals surface area contributed by atoms with E-state index in [1.165, 1.54) is 10.6 Å². The molecular weight excluding hydrogens is 360 g/mol. The van der Waals surface area contributed by atoms with E-state index < -0.39 is 0 Å². The van der Waals surface area contributed by atoms with Crippen molar-refractivity contribution >= 4 is 22.9 Å². The molecule has 3 heterocycles. The van der Waals surface area contributed by atoms with Crippen LogP contribution in [-0.2, 0) is 6.54 Å². The van der Waals surface area contributed by atoms with Gasteiger partial charge in [-0.15, -0.1) is 11.3 Å². The number of furan rings is 1. The lowest BCUT2D eigenvalue weighted by Crippen LogP contribution is -2.18. The van der Waals surface area contributed by atoms with Crippen LogP contribution in [0.4, 0.5) is 5.69 Å². The number of rotatable bonds is 5. The molecule has 0 atom stereocenters. The third-order valence-corrected chi connectivity index (χ3v) is 4.98. The van der Waals surface area contributed by atoms with Crippen LogP contribution in [0.1, 0.15) is 16.3 Å². The molecule has 3 aromatic heterocycles. The van der Waals surface area contributed by atoms with Gasteiger partial charge in [0.25, 0.3) is 11.5 Å². The number of pyridine rings is 1. The van der Waals surface area contributed by atoms with E-state index in [-0.39, 0.29) is 23.8 Å². The Kier molecular flexibility index (Phi) is 4.72. The molecule has 0 saturated carbocycles. The molecule has 0 radical (unpaired) electrons. The highest BCUT2D eigenvalue weighted by atomic mass is 32.1. The maximum absolute atomic E-state index is 12.6. The lowest BCUT2D eigenvalue weighted by atomic mass is 10.1. The highest BCUT2D eigenvalue weighted by Crippen LogP contribution is 2.31. The maximum atomic E-state index is 12.6. The number of hydrogen-bond donors (Lipinski definition) is 1. The van der Waals surface area contributed by atoms with Crippen molar-refractivity contribution in [3.63, 3.8) is 0 Å². The van der Waals surface area contributed by atoms with Gasteiger partial charge in [-0.2, -0.15) is 0 Å². The molecule has 5 nitrogen and oxygen atoms in total. The Morgan fingerprint density at radius 3 is 2.67 bits per heavy atom. The van der Waals surface area contributed by atoms with Gasteiger partial charge < -0.3 is 14.3 Å². The van der Waals surface area contributed by atoms with Crippen LogP contribution in [0.2, 0.25) is 0 Å². The third-order valence-electron chi connectivity index (χ3n) is 4.07. The number of thiophene rings is 1. The van der Waals surface area contributed by atoms with Gasteiger partial charge in [0.15, 0.2) is 5.76 Å². The first kappa shape index (κ1) is 17.1. The fraction of sp³-hybridized carbons (Fsp3) is 0.0476. The van der Waals surface area contributed by atoms with Crippen LogP contribution >= 0.6 is 11.3 Å². The fourth-order valence-electron chi connectivity index (χ4n) is 2.77. The lowest BCUT2D eigenvalue weighted by Gasteiger charge is -2.08. The van der Waals surface area contributed by atoms with Gasteiger partial charge in [0.1, 0.15) is 5.76 Å². The van der Waals surface area contributed by atoms with Crippen molar-refractivity contribution in [2.45, 2.75) is 6.54 Å².